The van der Waals surface area contributed by atoms with Crippen LogP contribution in [0, 0.1) is 0 Å². The Morgan fingerprint density at radius 1 is 0.794 bits per heavy atom. The van der Waals surface area contributed by atoms with Gasteiger partial charge >= 0.3 is 0 Å². The summed E-state index contributed by atoms with van der Waals surface area (Å²) < 4.78 is 23.3. The lowest BCUT2D eigenvalue weighted by molar-refractivity contribution is 0.215. The zero-order valence-corrected chi connectivity index (χ0v) is 20.6. The van der Waals surface area contributed by atoms with Gasteiger partial charge < -0.3 is 18.9 Å². The van der Waals surface area contributed by atoms with Gasteiger partial charge in [-0.1, -0.05) is 19.8 Å². The minimum absolute atomic E-state index is 0.623. The molecule has 34 heavy (non-hydrogen) atoms. The molecule has 0 N–H and O–H groups in total. The molecular formula is C28H36N2O4. The molecule has 3 aromatic rings. The summed E-state index contributed by atoms with van der Waals surface area (Å²) in [7, 11) is 3.32. The number of hydrogen-bond acceptors (Lipinski definition) is 6. The lowest BCUT2D eigenvalue weighted by atomic mass is 10.1. The average molecular weight is 465 g/mol. The van der Waals surface area contributed by atoms with Crippen LogP contribution in [-0.4, -0.2) is 57.0 Å². The molecule has 182 valence electrons. The van der Waals surface area contributed by atoms with Gasteiger partial charge in [0.1, 0.15) is 29.6 Å². The number of hydrogen-bond donors (Lipinski definition) is 0. The van der Waals surface area contributed by atoms with E-state index in [9.17, 15) is 0 Å². The summed E-state index contributed by atoms with van der Waals surface area (Å²) in [5.74, 6) is 3.04. The Morgan fingerprint density at radius 2 is 1.56 bits per heavy atom. The van der Waals surface area contributed by atoms with Gasteiger partial charge in [0.2, 0.25) is 0 Å². The fourth-order valence-electron chi connectivity index (χ4n) is 4.40. The van der Waals surface area contributed by atoms with E-state index in [0.717, 1.165) is 59.7 Å². The molecule has 2 aromatic carbocycles. The molecule has 1 aromatic heterocycles. The molecule has 0 spiro atoms. The first-order chi connectivity index (χ1) is 16.7. The summed E-state index contributed by atoms with van der Waals surface area (Å²) in [6.45, 7) is 6.66. The van der Waals surface area contributed by atoms with Crippen LogP contribution in [0.1, 0.15) is 39.0 Å². The SMILES string of the molecule is CCCOc1ccc(-c2cc(OCCN3CCCCCC3)c3c(OC)cc(OC)cc3n2)cc1. The Hall–Kier alpha value is -2.99. The summed E-state index contributed by atoms with van der Waals surface area (Å²) in [5.41, 5.74) is 2.63. The third kappa shape index (κ3) is 5.92. The Kier molecular flexibility index (Phi) is 8.47. The molecule has 1 aliphatic rings. The van der Waals surface area contributed by atoms with Crippen molar-refractivity contribution in [3.63, 3.8) is 0 Å². The molecule has 6 nitrogen and oxygen atoms in total. The lowest BCUT2D eigenvalue weighted by Crippen LogP contribution is -2.29. The number of methoxy groups -OCH3 is 2. The zero-order valence-electron chi connectivity index (χ0n) is 20.6. The first-order valence-corrected chi connectivity index (χ1v) is 12.4. The number of benzene rings is 2. The first kappa shape index (κ1) is 24.1. The fourth-order valence-corrected chi connectivity index (χ4v) is 4.40. The van der Waals surface area contributed by atoms with Crippen LogP contribution in [0.5, 0.6) is 23.0 Å². The summed E-state index contributed by atoms with van der Waals surface area (Å²) in [6.07, 6.45) is 6.19. The number of nitrogens with zero attached hydrogens (tertiary/aromatic N) is 2. The molecule has 0 unspecified atom stereocenters. The molecular weight excluding hydrogens is 428 g/mol. The van der Waals surface area contributed by atoms with Crippen LogP contribution in [-0.2, 0) is 0 Å². The minimum atomic E-state index is 0.623. The normalized spacial score (nSPS) is 14.6. The highest BCUT2D eigenvalue weighted by atomic mass is 16.5. The quantitative estimate of drug-likeness (QED) is 0.369. The predicted molar refractivity (Wildman–Crippen MR) is 136 cm³/mol. The highest BCUT2D eigenvalue weighted by molar-refractivity contribution is 5.94. The van der Waals surface area contributed by atoms with E-state index in [0.29, 0.717) is 24.7 Å². The fraction of sp³-hybridized carbons (Fsp3) is 0.464. The van der Waals surface area contributed by atoms with Gasteiger partial charge in [0.05, 0.1) is 37.4 Å². The number of rotatable bonds is 10. The molecule has 0 amide bonds. The van der Waals surface area contributed by atoms with Crippen molar-refractivity contribution in [2.75, 3.05) is 47.1 Å². The average Bonchev–Trinajstić information content (AvgIpc) is 3.15. The number of aromatic nitrogens is 1. The molecule has 0 aliphatic carbocycles. The first-order valence-electron chi connectivity index (χ1n) is 12.4. The minimum Gasteiger partial charge on any atom is -0.497 e. The summed E-state index contributed by atoms with van der Waals surface area (Å²) in [5, 5.41) is 0.866. The standard InChI is InChI=1S/C28H36N2O4/c1-4-16-33-22-11-9-21(10-12-22)24-20-27(34-17-15-30-13-7-5-6-8-14-30)28-25(29-24)18-23(31-2)19-26(28)32-3/h9-12,18-20H,4-8,13-17H2,1-3H3. The maximum Gasteiger partial charge on any atom is 0.135 e. The van der Waals surface area contributed by atoms with E-state index in [1.54, 1.807) is 14.2 Å². The zero-order chi connectivity index (χ0) is 23.8. The largest absolute Gasteiger partial charge is 0.497 e. The molecule has 0 radical (unpaired) electrons. The molecule has 6 heteroatoms. The molecule has 0 bridgehead atoms. The lowest BCUT2D eigenvalue weighted by Gasteiger charge is -2.21. The van der Waals surface area contributed by atoms with Crippen molar-refractivity contribution < 1.29 is 18.9 Å². The van der Waals surface area contributed by atoms with Gasteiger partial charge in [0.15, 0.2) is 0 Å². The van der Waals surface area contributed by atoms with Gasteiger partial charge in [-0.2, -0.15) is 0 Å². The molecule has 1 fully saturated rings. The smallest absolute Gasteiger partial charge is 0.135 e. The van der Waals surface area contributed by atoms with Crippen molar-refractivity contribution in [2.24, 2.45) is 0 Å². The molecule has 0 atom stereocenters. The Balaban J connectivity index is 1.65. The van der Waals surface area contributed by atoms with E-state index in [2.05, 4.69) is 11.8 Å². The molecule has 4 rings (SSSR count). The third-order valence-electron chi connectivity index (χ3n) is 6.25. The van der Waals surface area contributed by atoms with E-state index in [1.807, 2.05) is 42.5 Å². The van der Waals surface area contributed by atoms with Gasteiger partial charge in [-0.3, -0.25) is 4.90 Å². The van der Waals surface area contributed by atoms with Crippen molar-refractivity contribution in [1.29, 1.82) is 0 Å². The van der Waals surface area contributed by atoms with Gasteiger partial charge in [0, 0.05) is 30.3 Å². The van der Waals surface area contributed by atoms with Crippen LogP contribution >= 0.6 is 0 Å². The number of ether oxygens (including phenoxy) is 4. The van der Waals surface area contributed by atoms with Crippen LogP contribution < -0.4 is 18.9 Å². The van der Waals surface area contributed by atoms with Crippen molar-refractivity contribution in [1.82, 2.24) is 9.88 Å². The van der Waals surface area contributed by atoms with Gasteiger partial charge in [-0.05, 0) is 56.6 Å². The van der Waals surface area contributed by atoms with Crippen LogP contribution in [0.25, 0.3) is 22.2 Å². The van der Waals surface area contributed by atoms with E-state index >= 15 is 0 Å². The van der Waals surface area contributed by atoms with Crippen LogP contribution in [0.15, 0.2) is 42.5 Å². The monoisotopic (exact) mass is 464 g/mol. The second kappa shape index (κ2) is 11.9. The van der Waals surface area contributed by atoms with Crippen LogP contribution in [0.4, 0.5) is 0 Å². The van der Waals surface area contributed by atoms with Crippen molar-refractivity contribution in [2.45, 2.75) is 39.0 Å². The van der Waals surface area contributed by atoms with Crippen molar-refractivity contribution >= 4 is 10.9 Å². The molecule has 2 heterocycles. The predicted octanol–water partition coefficient (Wildman–Crippen LogP) is 5.96. The molecule has 0 saturated carbocycles. The van der Waals surface area contributed by atoms with E-state index in [1.165, 1.54) is 25.7 Å². The molecule has 1 saturated heterocycles. The van der Waals surface area contributed by atoms with E-state index in [4.69, 9.17) is 23.9 Å². The second-order valence-electron chi connectivity index (χ2n) is 8.71. The number of fused-ring (bicyclic) bond motifs is 1. The third-order valence-corrected chi connectivity index (χ3v) is 6.25. The number of pyridine rings is 1. The second-order valence-corrected chi connectivity index (χ2v) is 8.71. The summed E-state index contributed by atoms with van der Waals surface area (Å²) in [4.78, 5) is 7.44. The summed E-state index contributed by atoms with van der Waals surface area (Å²) in [6, 6.07) is 13.9. The van der Waals surface area contributed by atoms with Gasteiger partial charge in [-0.15, -0.1) is 0 Å². The van der Waals surface area contributed by atoms with Gasteiger partial charge in [0.25, 0.3) is 0 Å². The van der Waals surface area contributed by atoms with Gasteiger partial charge in [-0.25, -0.2) is 4.98 Å². The maximum absolute atomic E-state index is 6.39. The topological polar surface area (TPSA) is 53.1 Å². The Bertz CT molecular complexity index is 1060. The summed E-state index contributed by atoms with van der Waals surface area (Å²) >= 11 is 0. The highest BCUT2D eigenvalue weighted by Crippen LogP contribution is 2.39. The van der Waals surface area contributed by atoms with Crippen molar-refractivity contribution in [3.05, 3.63) is 42.5 Å². The highest BCUT2D eigenvalue weighted by Gasteiger charge is 2.16. The Morgan fingerprint density at radius 3 is 2.24 bits per heavy atom. The van der Waals surface area contributed by atoms with Crippen LogP contribution in [0.2, 0.25) is 0 Å². The maximum atomic E-state index is 6.39. The van der Waals surface area contributed by atoms with E-state index in [-0.39, 0.29) is 0 Å². The molecule has 1 aliphatic heterocycles. The Labute approximate surface area is 202 Å². The van der Waals surface area contributed by atoms with Crippen LogP contribution in [0.3, 0.4) is 0 Å². The van der Waals surface area contributed by atoms with Crippen molar-refractivity contribution in [3.8, 4) is 34.3 Å². The number of likely N-dealkylation sites (tertiary alicyclic amines) is 1. The van der Waals surface area contributed by atoms with E-state index < -0.39 is 0 Å².